The summed E-state index contributed by atoms with van der Waals surface area (Å²) in [6.45, 7) is 5.52. The van der Waals surface area contributed by atoms with Crippen LogP contribution in [-0.4, -0.2) is 66.9 Å². The molecular formula is C39H50Cl2N2O8. The normalized spacial score (nSPS) is 24.4. The third kappa shape index (κ3) is 10.9. The first kappa shape index (κ1) is 40.2. The number of benzene rings is 2. The lowest BCUT2D eigenvalue weighted by Crippen LogP contribution is -2.53. The zero-order valence-corrected chi connectivity index (χ0v) is 31.3. The van der Waals surface area contributed by atoms with E-state index in [2.05, 4.69) is 10.6 Å². The molecule has 0 bridgehead atoms. The number of carbonyl (C=O) groups excluding carboxylic acids is 4. The molecule has 2 amide bonds. The Balaban J connectivity index is 1.69. The first-order valence-corrected chi connectivity index (χ1v) is 18.5. The molecule has 2 aromatic rings. The van der Waals surface area contributed by atoms with Crippen molar-refractivity contribution in [2.75, 3.05) is 13.7 Å². The van der Waals surface area contributed by atoms with Crippen LogP contribution in [0.25, 0.3) is 0 Å². The van der Waals surface area contributed by atoms with Crippen LogP contribution >= 0.6 is 23.2 Å². The van der Waals surface area contributed by atoms with Gasteiger partial charge in [0.2, 0.25) is 11.8 Å². The minimum absolute atomic E-state index is 0.0227. The quantitative estimate of drug-likeness (QED) is 0.202. The van der Waals surface area contributed by atoms with Crippen molar-refractivity contribution in [3.05, 3.63) is 76.8 Å². The average molecular weight is 746 g/mol. The van der Waals surface area contributed by atoms with E-state index < -0.39 is 64.8 Å². The van der Waals surface area contributed by atoms with Crippen LogP contribution in [0.4, 0.5) is 0 Å². The molecule has 1 saturated carbocycles. The van der Waals surface area contributed by atoms with Crippen LogP contribution in [0.3, 0.4) is 0 Å². The van der Waals surface area contributed by atoms with Crippen molar-refractivity contribution in [1.82, 2.24) is 10.6 Å². The van der Waals surface area contributed by atoms with E-state index in [0.29, 0.717) is 34.7 Å². The number of rotatable bonds is 9. The molecule has 51 heavy (non-hydrogen) atoms. The van der Waals surface area contributed by atoms with E-state index in [0.717, 1.165) is 19.3 Å². The zero-order chi connectivity index (χ0) is 37.1. The van der Waals surface area contributed by atoms with Crippen molar-refractivity contribution in [3.63, 3.8) is 0 Å². The summed E-state index contributed by atoms with van der Waals surface area (Å²) in [4.78, 5) is 55.0. The summed E-state index contributed by atoms with van der Waals surface area (Å²) in [6, 6.07) is 13.2. The van der Waals surface area contributed by atoms with Gasteiger partial charge in [-0.05, 0) is 54.5 Å². The Hall–Kier alpha value is -3.60. The zero-order valence-electron chi connectivity index (χ0n) is 29.7. The molecule has 0 radical (unpaired) electrons. The molecule has 0 aromatic heterocycles. The van der Waals surface area contributed by atoms with Gasteiger partial charge in [0.05, 0.1) is 29.0 Å². The predicted molar refractivity (Wildman–Crippen MR) is 195 cm³/mol. The van der Waals surface area contributed by atoms with Crippen LogP contribution in [0.15, 0.2) is 60.7 Å². The summed E-state index contributed by atoms with van der Waals surface area (Å²) in [6.07, 6.45) is 3.22. The molecule has 2 aliphatic rings. The molecule has 2 aromatic carbocycles. The molecule has 278 valence electrons. The summed E-state index contributed by atoms with van der Waals surface area (Å²) in [5, 5.41) is 16.6. The third-order valence-electron chi connectivity index (χ3n) is 9.78. The predicted octanol–water partition coefficient (Wildman–Crippen LogP) is 6.25. The van der Waals surface area contributed by atoms with E-state index in [4.69, 9.17) is 37.4 Å². The molecule has 1 heterocycles. The number of hydrogen-bond acceptors (Lipinski definition) is 8. The molecule has 1 aliphatic carbocycles. The Bertz CT molecular complexity index is 1530. The van der Waals surface area contributed by atoms with Gasteiger partial charge in [0.25, 0.3) is 0 Å². The largest absolute Gasteiger partial charge is 0.495 e. The molecule has 10 nitrogen and oxygen atoms in total. The van der Waals surface area contributed by atoms with E-state index >= 15 is 0 Å². The van der Waals surface area contributed by atoms with Gasteiger partial charge in [-0.3, -0.25) is 14.4 Å². The second kappa shape index (κ2) is 18.8. The van der Waals surface area contributed by atoms with Gasteiger partial charge in [-0.25, -0.2) is 4.79 Å². The first-order chi connectivity index (χ1) is 24.3. The summed E-state index contributed by atoms with van der Waals surface area (Å²) < 4.78 is 17.3. The number of aliphatic hydroxyl groups is 1. The fourth-order valence-electron chi connectivity index (χ4n) is 6.66. The molecule has 0 saturated heterocycles. The van der Waals surface area contributed by atoms with Crippen LogP contribution in [0.5, 0.6) is 5.75 Å². The second-order valence-electron chi connectivity index (χ2n) is 14.1. The average Bonchev–Trinajstić information content (AvgIpc) is 3.12. The molecule has 3 N–H and O–H groups in total. The van der Waals surface area contributed by atoms with Crippen LogP contribution < -0.4 is 15.4 Å². The fraction of sp³-hybridized carbons (Fsp3) is 0.538. The number of aliphatic hydroxyl groups excluding tert-OH is 1. The van der Waals surface area contributed by atoms with Gasteiger partial charge in [-0.2, -0.15) is 0 Å². The lowest BCUT2D eigenvalue weighted by atomic mass is 9.74. The van der Waals surface area contributed by atoms with Gasteiger partial charge in [0.15, 0.2) is 6.10 Å². The summed E-state index contributed by atoms with van der Waals surface area (Å²) in [5.41, 5.74) is 0.314. The van der Waals surface area contributed by atoms with Crippen molar-refractivity contribution in [2.45, 2.75) is 102 Å². The van der Waals surface area contributed by atoms with E-state index in [1.54, 1.807) is 37.3 Å². The molecule has 4 rings (SSSR count). The number of nitrogens with one attached hydrogen (secondary N) is 2. The van der Waals surface area contributed by atoms with E-state index in [1.807, 2.05) is 32.0 Å². The maximum absolute atomic E-state index is 14.1. The Labute approximate surface area is 310 Å². The summed E-state index contributed by atoms with van der Waals surface area (Å²) in [5.74, 6) is -2.59. The highest BCUT2D eigenvalue weighted by Crippen LogP contribution is 2.38. The monoisotopic (exact) mass is 744 g/mol. The van der Waals surface area contributed by atoms with E-state index in [9.17, 15) is 24.3 Å². The molecule has 1 fully saturated rings. The molecular weight excluding hydrogens is 695 g/mol. The lowest BCUT2D eigenvalue weighted by Gasteiger charge is -2.37. The SMILES string of the molecule is COc1ccc(C[C@H]2NC(=O)/C=C/C[C@@H]([C@H](C)[C@@H](O)[C@@H](Cl)c3ccccc3)OC(=O)[C@H](CC(C)C)OC(=O)C3(CCCCC3)CNC2=O)cc1Cl. The van der Waals surface area contributed by atoms with Crippen LogP contribution in [0, 0.1) is 17.3 Å². The Morgan fingerprint density at radius 1 is 1.00 bits per heavy atom. The number of cyclic esters (lactones) is 2. The Morgan fingerprint density at radius 3 is 2.35 bits per heavy atom. The van der Waals surface area contributed by atoms with Crippen molar-refractivity contribution in [3.8, 4) is 5.75 Å². The molecule has 6 atom stereocenters. The minimum atomic E-state index is -1.22. The van der Waals surface area contributed by atoms with Crippen LogP contribution in [-0.2, 0) is 35.1 Å². The number of halogens is 2. The number of amides is 2. The van der Waals surface area contributed by atoms with Gasteiger partial charge in [-0.1, -0.05) is 94.1 Å². The standard InChI is InChI=1S/C39H50Cl2N2O8/c1-24(2)20-32-37(47)50-30(25(3)35(45)34(41)27-12-7-5-8-13-27)14-11-15-33(44)43-29(22-26-16-17-31(49-4)28(40)21-26)36(46)42-23-39(38(48)51-32)18-9-6-10-19-39/h5,7-8,11-13,15-17,21,24-25,29-30,32,34-35,45H,6,9-10,14,18-20,22-23H2,1-4H3,(H,42,46)(H,43,44)/b15-11+/t25-,29+,30-,32-,34-,35+/m0/s1. The lowest BCUT2D eigenvalue weighted by molar-refractivity contribution is -0.182. The van der Waals surface area contributed by atoms with E-state index in [1.165, 1.54) is 19.3 Å². The van der Waals surface area contributed by atoms with Gasteiger partial charge in [0.1, 0.15) is 17.9 Å². The van der Waals surface area contributed by atoms with Crippen LogP contribution in [0.1, 0.15) is 82.2 Å². The number of alkyl halides is 1. The number of carbonyl (C=O) groups is 4. The first-order valence-electron chi connectivity index (χ1n) is 17.7. The topological polar surface area (TPSA) is 140 Å². The van der Waals surface area contributed by atoms with Gasteiger partial charge < -0.3 is 30.0 Å². The molecule has 12 heteroatoms. The van der Waals surface area contributed by atoms with Gasteiger partial charge in [-0.15, -0.1) is 11.6 Å². The van der Waals surface area contributed by atoms with E-state index in [-0.39, 0.29) is 31.7 Å². The molecule has 0 unspecified atom stereocenters. The molecule has 1 aliphatic heterocycles. The van der Waals surface area contributed by atoms with Crippen molar-refractivity contribution >= 4 is 47.0 Å². The van der Waals surface area contributed by atoms with Crippen molar-refractivity contribution in [2.24, 2.45) is 17.3 Å². The Kier molecular flexibility index (Phi) is 14.8. The second-order valence-corrected chi connectivity index (χ2v) is 15.0. The molecule has 1 spiro atoms. The maximum Gasteiger partial charge on any atom is 0.347 e. The minimum Gasteiger partial charge on any atom is -0.495 e. The number of ether oxygens (including phenoxy) is 3. The summed E-state index contributed by atoms with van der Waals surface area (Å²) in [7, 11) is 1.50. The van der Waals surface area contributed by atoms with Crippen molar-refractivity contribution in [1.29, 1.82) is 0 Å². The highest BCUT2D eigenvalue weighted by Gasteiger charge is 2.44. The smallest absolute Gasteiger partial charge is 0.347 e. The maximum atomic E-state index is 14.1. The number of esters is 2. The van der Waals surface area contributed by atoms with Gasteiger partial charge in [0, 0.05) is 25.3 Å². The highest BCUT2D eigenvalue weighted by molar-refractivity contribution is 6.32. The number of hydrogen-bond donors (Lipinski definition) is 3. The fourth-order valence-corrected chi connectivity index (χ4v) is 7.32. The third-order valence-corrected chi connectivity index (χ3v) is 10.6. The van der Waals surface area contributed by atoms with Crippen LogP contribution in [0.2, 0.25) is 5.02 Å². The van der Waals surface area contributed by atoms with Crippen molar-refractivity contribution < 1.29 is 38.5 Å². The Morgan fingerprint density at radius 2 is 1.71 bits per heavy atom. The highest BCUT2D eigenvalue weighted by atomic mass is 35.5. The number of methoxy groups -OCH3 is 1. The summed E-state index contributed by atoms with van der Waals surface area (Å²) >= 11 is 13.1. The van der Waals surface area contributed by atoms with Gasteiger partial charge >= 0.3 is 11.9 Å².